The summed E-state index contributed by atoms with van der Waals surface area (Å²) in [6.45, 7) is 4.74. The number of benzene rings is 5. The second kappa shape index (κ2) is 19.1. The molecule has 0 aromatic heterocycles. The normalized spacial score (nSPS) is 16.0. The molecule has 4 aliphatic rings. The molecule has 16 heteroatoms. The van der Waals surface area contributed by atoms with Crippen molar-refractivity contribution in [1.29, 1.82) is 0 Å². The number of para-hydroxylation sites is 2. The summed E-state index contributed by atoms with van der Waals surface area (Å²) in [5.74, 6) is -1.04. The molecule has 1 aliphatic carbocycles. The monoisotopic (exact) mass is 919 g/mol. The summed E-state index contributed by atoms with van der Waals surface area (Å²) >= 11 is 0. The van der Waals surface area contributed by atoms with E-state index in [1.54, 1.807) is 29.2 Å². The number of ketones is 2. The Balaban J connectivity index is 0.960. The molecule has 16 nitrogen and oxygen atoms in total. The number of carbonyl (C=O) groups is 6. The number of nitrogens with one attached hydrogen (secondary N) is 1. The van der Waals surface area contributed by atoms with Crippen LogP contribution in [0, 0.1) is 0 Å². The summed E-state index contributed by atoms with van der Waals surface area (Å²) in [5, 5.41) is 2.94. The molecule has 3 aliphatic heterocycles. The molecular weight excluding hydrogens is 871 g/mol. The van der Waals surface area contributed by atoms with Crippen LogP contribution < -0.4 is 39.0 Å². The predicted octanol–water partition coefficient (Wildman–Crippen LogP) is 6.98. The van der Waals surface area contributed by atoms with Crippen molar-refractivity contribution in [2.45, 2.75) is 63.9 Å². The maximum absolute atomic E-state index is 14.1. The predicted molar refractivity (Wildman–Crippen MR) is 253 cm³/mol. The second-order valence-corrected chi connectivity index (χ2v) is 17.0. The molecule has 348 valence electrons. The van der Waals surface area contributed by atoms with E-state index in [1.807, 2.05) is 78.7 Å². The smallest absolute Gasteiger partial charge is 0.307 e. The Morgan fingerprint density at radius 3 is 2.12 bits per heavy atom. The standard InChI is InChI=1S/C52H49N5O11/c1-53-37-26-46(44(64-3)24-35(37)51(62)56-19-17-32-10-5-7-12-39(32)56)66-28-30-20-31(22-34(21-30)55(2)18-9-14-48(60)68-49-42(58)15-16-43(49)59)29-67-47-27-38-36(25-45(47)65-4)52(63)57-40-13-8-6-11-33(40)23-41(57)50(61)54-38/h5-8,10-13,20-22,24-27,41,49H,1,9,14-19,23,28-29H2,2-4H3,(H,54,61). The van der Waals surface area contributed by atoms with Gasteiger partial charge in [-0.25, -0.2) is 0 Å². The third-order valence-corrected chi connectivity index (χ3v) is 12.7. The first-order valence-electron chi connectivity index (χ1n) is 22.3. The number of amides is 3. The van der Waals surface area contributed by atoms with E-state index in [1.165, 1.54) is 19.1 Å². The molecule has 9 rings (SSSR count). The average molecular weight is 920 g/mol. The molecule has 68 heavy (non-hydrogen) atoms. The first-order valence-corrected chi connectivity index (χ1v) is 22.3. The lowest BCUT2D eigenvalue weighted by Gasteiger charge is -2.22. The number of fused-ring (bicyclic) bond motifs is 5. The van der Waals surface area contributed by atoms with Crippen LogP contribution >= 0.6 is 0 Å². The van der Waals surface area contributed by atoms with E-state index in [4.69, 9.17) is 23.7 Å². The summed E-state index contributed by atoms with van der Waals surface area (Å²) in [4.78, 5) is 87.7. The zero-order valence-corrected chi connectivity index (χ0v) is 37.9. The number of Topliss-reactive ketones (excluding diaryl/α,β-unsaturated/α-hetero) is 2. The lowest BCUT2D eigenvalue weighted by molar-refractivity contribution is -0.157. The molecule has 0 saturated heterocycles. The van der Waals surface area contributed by atoms with Crippen molar-refractivity contribution in [3.63, 3.8) is 0 Å². The number of carbonyl (C=O) groups excluding carboxylic acids is 6. The molecule has 1 saturated carbocycles. The van der Waals surface area contributed by atoms with Crippen molar-refractivity contribution in [3.8, 4) is 23.0 Å². The first kappa shape index (κ1) is 45.2. The molecule has 0 spiro atoms. The molecule has 0 radical (unpaired) electrons. The van der Waals surface area contributed by atoms with Gasteiger partial charge in [0.05, 0.1) is 36.7 Å². The van der Waals surface area contributed by atoms with Crippen molar-refractivity contribution >= 4 is 70.4 Å². The SMILES string of the molecule is C=Nc1cc(OCc2cc(COc3cc4c(cc3OC)C(=O)N3c5ccccc5CC3C(=O)N4)cc(N(C)CCCC(=O)OC3C(=O)CCC3=O)c2)c(OC)cc1C(=O)N1CCc2ccccc21. The van der Waals surface area contributed by atoms with Crippen molar-refractivity contribution < 1.29 is 52.5 Å². The molecule has 1 fully saturated rings. The number of hydrogen-bond donors (Lipinski definition) is 1. The van der Waals surface area contributed by atoms with Crippen LogP contribution in [0.2, 0.25) is 0 Å². The van der Waals surface area contributed by atoms with Crippen LogP contribution in [-0.2, 0) is 50.0 Å². The Kier molecular flexibility index (Phi) is 12.7. The van der Waals surface area contributed by atoms with E-state index in [2.05, 4.69) is 17.0 Å². The Morgan fingerprint density at radius 1 is 0.779 bits per heavy atom. The Bertz CT molecular complexity index is 2880. The summed E-state index contributed by atoms with van der Waals surface area (Å²) in [5.41, 5.74) is 6.94. The van der Waals surface area contributed by atoms with Crippen molar-refractivity contribution in [2.75, 3.05) is 54.4 Å². The summed E-state index contributed by atoms with van der Waals surface area (Å²) in [6, 6.07) is 26.7. The summed E-state index contributed by atoms with van der Waals surface area (Å²) in [6.07, 6.45) is 0.321. The van der Waals surface area contributed by atoms with Crippen LogP contribution in [0.25, 0.3) is 0 Å². The molecule has 5 aromatic rings. The third kappa shape index (κ3) is 8.84. The van der Waals surface area contributed by atoms with E-state index >= 15 is 0 Å². The average Bonchev–Trinajstić information content (AvgIpc) is 4.04. The Hall–Kier alpha value is -8.01. The number of ether oxygens (including phenoxy) is 5. The highest BCUT2D eigenvalue weighted by Crippen LogP contribution is 2.42. The minimum Gasteiger partial charge on any atom is -0.493 e. The number of rotatable bonds is 16. The molecule has 1 N–H and O–H groups in total. The lowest BCUT2D eigenvalue weighted by atomic mass is 10.1. The van der Waals surface area contributed by atoms with Gasteiger partial charge in [-0.2, -0.15) is 0 Å². The van der Waals surface area contributed by atoms with Crippen LogP contribution in [-0.4, -0.2) is 88.5 Å². The topological polar surface area (TPSA) is 183 Å². The highest BCUT2D eigenvalue weighted by atomic mass is 16.6. The number of aliphatic imine (C=N–C) groups is 1. The van der Waals surface area contributed by atoms with Gasteiger partial charge in [0.2, 0.25) is 12.0 Å². The van der Waals surface area contributed by atoms with E-state index in [9.17, 15) is 28.8 Å². The molecule has 1 unspecified atom stereocenters. The van der Waals surface area contributed by atoms with Crippen molar-refractivity contribution in [1.82, 2.24) is 0 Å². The highest BCUT2D eigenvalue weighted by molar-refractivity contribution is 6.20. The van der Waals surface area contributed by atoms with Gasteiger partial charge in [0.1, 0.15) is 19.3 Å². The fourth-order valence-corrected chi connectivity index (χ4v) is 9.18. The van der Waals surface area contributed by atoms with E-state index in [-0.39, 0.29) is 78.8 Å². The van der Waals surface area contributed by atoms with Crippen LogP contribution in [0.4, 0.5) is 28.4 Å². The molecule has 3 heterocycles. The second-order valence-electron chi connectivity index (χ2n) is 17.0. The van der Waals surface area contributed by atoms with Crippen LogP contribution in [0.1, 0.15) is 68.7 Å². The minimum atomic E-state index is -1.32. The van der Waals surface area contributed by atoms with Gasteiger partial charge in [-0.15, -0.1) is 0 Å². The molecular formula is C52H49N5O11. The maximum Gasteiger partial charge on any atom is 0.307 e. The van der Waals surface area contributed by atoms with Gasteiger partial charge in [-0.1, -0.05) is 36.4 Å². The fourth-order valence-electron chi connectivity index (χ4n) is 9.18. The van der Waals surface area contributed by atoms with Gasteiger partial charge in [0, 0.05) is 75.0 Å². The molecule has 3 amide bonds. The van der Waals surface area contributed by atoms with Gasteiger partial charge < -0.3 is 38.8 Å². The highest BCUT2D eigenvalue weighted by Gasteiger charge is 2.42. The zero-order valence-electron chi connectivity index (χ0n) is 37.9. The van der Waals surface area contributed by atoms with Gasteiger partial charge in [0.25, 0.3) is 11.8 Å². The van der Waals surface area contributed by atoms with Gasteiger partial charge in [-0.05, 0) is 84.3 Å². The minimum absolute atomic E-state index is 0.00934. The third-order valence-electron chi connectivity index (χ3n) is 12.7. The number of methoxy groups -OCH3 is 2. The number of nitrogens with zero attached hydrogens (tertiary/aromatic N) is 4. The van der Waals surface area contributed by atoms with E-state index in [0.29, 0.717) is 65.6 Å². The van der Waals surface area contributed by atoms with Crippen molar-refractivity contribution in [2.24, 2.45) is 4.99 Å². The van der Waals surface area contributed by atoms with Crippen LogP contribution in [0.15, 0.2) is 96.0 Å². The Morgan fingerprint density at radius 2 is 1.43 bits per heavy atom. The fraction of sp³-hybridized carbons (Fsp3) is 0.288. The van der Waals surface area contributed by atoms with Crippen LogP contribution in [0.3, 0.4) is 0 Å². The van der Waals surface area contributed by atoms with E-state index < -0.39 is 18.1 Å². The summed E-state index contributed by atoms with van der Waals surface area (Å²) in [7, 11) is 4.83. The van der Waals surface area contributed by atoms with E-state index in [0.717, 1.165) is 34.5 Å². The lowest BCUT2D eigenvalue weighted by Crippen LogP contribution is -2.42. The largest absolute Gasteiger partial charge is 0.493 e. The van der Waals surface area contributed by atoms with Crippen molar-refractivity contribution in [3.05, 3.63) is 124 Å². The summed E-state index contributed by atoms with van der Waals surface area (Å²) < 4.78 is 29.5. The number of esters is 1. The number of anilines is 4. The van der Waals surface area contributed by atoms with Gasteiger partial charge in [0.15, 0.2) is 34.6 Å². The quantitative estimate of drug-likeness (QED) is 0.0610. The van der Waals surface area contributed by atoms with Gasteiger partial charge >= 0.3 is 5.97 Å². The number of hydrogen-bond acceptors (Lipinski definition) is 13. The van der Waals surface area contributed by atoms with Gasteiger partial charge in [-0.3, -0.25) is 38.7 Å². The first-order chi connectivity index (χ1) is 32.9. The molecule has 0 bridgehead atoms. The molecule has 5 aromatic carbocycles. The Labute approximate surface area is 392 Å². The maximum atomic E-state index is 14.1. The molecule has 1 atom stereocenters. The van der Waals surface area contributed by atoms with Crippen LogP contribution in [0.5, 0.6) is 23.0 Å². The zero-order chi connectivity index (χ0) is 47.6.